The third kappa shape index (κ3) is 2.32. The van der Waals surface area contributed by atoms with Crippen molar-refractivity contribution < 1.29 is 9.90 Å². The van der Waals surface area contributed by atoms with Gasteiger partial charge in [0.15, 0.2) is 11.3 Å². The smallest absolute Gasteiger partial charge is 0.273 e. The maximum absolute atomic E-state index is 11.9. The molecule has 0 saturated carbocycles. The summed E-state index contributed by atoms with van der Waals surface area (Å²) in [6.07, 6.45) is 2.25. The van der Waals surface area contributed by atoms with Crippen LogP contribution in [0.2, 0.25) is 0 Å². The molecular weight excluding hydrogens is 300 g/mol. The Hall–Kier alpha value is -1.60. The fraction of sp³-hybridized carbons (Fsp3) is 0.273. The molecule has 0 aliphatic rings. The van der Waals surface area contributed by atoms with Gasteiger partial charge in [-0.15, -0.1) is 0 Å². The van der Waals surface area contributed by atoms with E-state index in [0.29, 0.717) is 24.4 Å². The highest BCUT2D eigenvalue weighted by Crippen LogP contribution is 2.21. The third-order valence-corrected chi connectivity index (χ3v) is 3.09. The number of imidazole rings is 1. The number of nitrogens with two attached hydrogens (primary N) is 1. The van der Waals surface area contributed by atoms with Crippen molar-refractivity contribution in [2.75, 3.05) is 18.9 Å². The molecule has 18 heavy (non-hydrogen) atoms. The SMILES string of the molecule is Nc1c(C(=O)NCCCO)nc2c(Br)cccn12. The normalized spacial score (nSPS) is 10.8. The van der Waals surface area contributed by atoms with Crippen LogP contribution in [-0.2, 0) is 0 Å². The summed E-state index contributed by atoms with van der Waals surface area (Å²) in [7, 11) is 0. The number of anilines is 1. The van der Waals surface area contributed by atoms with Crippen LogP contribution in [0.25, 0.3) is 5.65 Å². The number of pyridine rings is 1. The number of nitrogens with zero attached hydrogens (tertiary/aromatic N) is 2. The molecule has 0 radical (unpaired) electrons. The van der Waals surface area contributed by atoms with Gasteiger partial charge < -0.3 is 16.2 Å². The largest absolute Gasteiger partial charge is 0.396 e. The molecule has 7 heteroatoms. The quantitative estimate of drug-likeness (QED) is 0.728. The van der Waals surface area contributed by atoms with Gasteiger partial charge in [0.2, 0.25) is 0 Å². The molecule has 2 aromatic rings. The van der Waals surface area contributed by atoms with Crippen LogP contribution in [0.4, 0.5) is 5.82 Å². The molecule has 1 amide bonds. The maximum atomic E-state index is 11.9. The van der Waals surface area contributed by atoms with Gasteiger partial charge in [-0.3, -0.25) is 9.20 Å². The minimum Gasteiger partial charge on any atom is -0.396 e. The van der Waals surface area contributed by atoms with Gasteiger partial charge in [0, 0.05) is 19.3 Å². The van der Waals surface area contributed by atoms with Crippen molar-refractivity contribution in [3.8, 4) is 0 Å². The molecule has 0 aliphatic carbocycles. The summed E-state index contributed by atoms with van der Waals surface area (Å²) in [5, 5.41) is 11.3. The highest BCUT2D eigenvalue weighted by atomic mass is 79.9. The molecule has 2 heterocycles. The second-order valence-corrected chi connectivity index (χ2v) is 4.58. The molecule has 0 aromatic carbocycles. The summed E-state index contributed by atoms with van der Waals surface area (Å²) in [6.45, 7) is 0.427. The highest BCUT2D eigenvalue weighted by molar-refractivity contribution is 9.10. The van der Waals surface area contributed by atoms with Crippen LogP contribution in [0.5, 0.6) is 0 Å². The lowest BCUT2D eigenvalue weighted by atomic mass is 10.4. The van der Waals surface area contributed by atoms with Crippen LogP contribution in [0.15, 0.2) is 22.8 Å². The number of carbonyl (C=O) groups is 1. The summed E-state index contributed by atoms with van der Waals surface area (Å²) >= 11 is 3.35. The molecule has 0 saturated heterocycles. The van der Waals surface area contributed by atoms with Crippen molar-refractivity contribution in [1.29, 1.82) is 0 Å². The summed E-state index contributed by atoms with van der Waals surface area (Å²) in [5.74, 6) is -0.0376. The Kier molecular flexibility index (Phi) is 3.83. The van der Waals surface area contributed by atoms with Crippen molar-refractivity contribution in [3.05, 3.63) is 28.5 Å². The van der Waals surface area contributed by atoms with Crippen LogP contribution in [-0.4, -0.2) is 33.6 Å². The van der Waals surface area contributed by atoms with Crippen LogP contribution in [0.1, 0.15) is 16.9 Å². The molecule has 96 valence electrons. The minimum atomic E-state index is -0.337. The molecule has 6 nitrogen and oxygen atoms in total. The van der Waals surface area contributed by atoms with Gasteiger partial charge in [0.1, 0.15) is 5.82 Å². The predicted molar refractivity (Wildman–Crippen MR) is 71.3 cm³/mol. The minimum absolute atomic E-state index is 0.0342. The molecule has 2 aromatic heterocycles. The Balaban J connectivity index is 2.31. The van der Waals surface area contributed by atoms with E-state index in [2.05, 4.69) is 26.2 Å². The van der Waals surface area contributed by atoms with Crippen LogP contribution >= 0.6 is 15.9 Å². The zero-order valence-electron chi connectivity index (χ0n) is 9.56. The summed E-state index contributed by atoms with van der Waals surface area (Å²) < 4.78 is 2.41. The van der Waals surface area contributed by atoms with Gasteiger partial charge >= 0.3 is 0 Å². The molecule has 0 aliphatic heterocycles. The number of fused-ring (bicyclic) bond motifs is 1. The Morgan fingerprint density at radius 2 is 2.39 bits per heavy atom. The van der Waals surface area contributed by atoms with E-state index in [9.17, 15) is 4.79 Å². The van der Waals surface area contributed by atoms with E-state index in [1.165, 1.54) is 0 Å². The summed E-state index contributed by atoms with van der Waals surface area (Å²) in [5.41, 5.74) is 6.68. The number of hydrogen-bond acceptors (Lipinski definition) is 4. The van der Waals surface area contributed by atoms with Crippen LogP contribution in [0.3, 0.4) is 0 Å². The van der Waals surface area contributed by atoms with E-state index >= 15 is 0 Å². The summed E-state index contributed by atoms with van der Waals surface area (Å²) in [6, 6.07) is 3.64. The first kappa shape index (κ1) is 12.8. The van der Waals surface area contributed by atoms with E-state index in [1.54, 1.807) is 10.6 Å². The van der Waals surface area contributed by atoms with Crippen molar-refractivity contribution in [2.45, 2.75) is 6.42 Å². The highest BCUT2D eigenvalue weighted by Gasteiger charge is 2.17. The third-order valence-electron chi connectivity index (χ3n) is 2.47. The lowest BCUT2D eigenvalue weighted by Gasteiger charge is -2.01. The average Bonchev–Trinajstić information content (AvgIpc) is 2.69. The Labute approximate surface area is 112 Å². The van der Waals surface area contributed by atoms with Crippen LogP contribution < -0.4 is 11.1 Å². The van der Waals surface area contributed by atoms with Gasteiger partial charge in [-0.1, -0.05) is 0 Å². The number of amides is 1. The molecule has 0 atom stereocenters. The number of nitrogens with one attached hydrogen (secondary N) is 1. The number of nitrogen functional groups attached to an aromatic ring is 1. The second-order valence-electron chi connectivity index (χ2n) is 3.73. The van der Waals surface area contributed by atoms with E-state index in [0.717, 1.165) is 4.47 Å². The number of carbonyl (C=O) groups excluding carboxylic acids is 1. The molecule has 0 bridgehead atoms. The molecule has 4 N–H and O–H groups in total. The van der Waals surface area contributed by atoms with E-state index < -0.39 is 0 Å². The molecule has 0 spiro atoms. The fourth-order valence-corrected chi connectivity index (χ4v) is 2.02. The monoisotopic (exact) mass is 312 g/mol. The molecular formula is C11H13BrN4O2. The summed E-state index contributed by atoms with van der Waals surface area (Å²) in [4.78, 5) is 16.1. The Bertz CT molecular complexity index is 582. The fourth-order valence-electron chi connectivity index (χ4n) is 1.58. The van der Waals surface area contributed by atoms with Crippen molar-refractivity contribution in [2.24, 2.45) is 0 Å². The first-order valence-electron chi connectivity index (χ1n) is 5.46. The lowest BCUT2D eigenvalue weighted by molar-refractivity contribution is 0.0948. The Morgan fingerprint density at radius 1 is 1.61 bits per heavy atom. The maximum Gasteiger partial charge on any atom is 0.273 e. The predicted octanol–water partition coefficient (Wildman–Crippen LogP) is 0.791. The Morgan fingerprint density at radius 3 is 3.06 bits per heavy atom. The van der Waals surface area contributed by atoms with E-state index in [4.69, 9.17) is 10.8 Å². The number of aliphatic hydroxyl groups is 1. The number of aliphatic hydroxyl groups excluding tert-OH is 1. The van der Waals surface area contributed by atoms with Crippen molar-refractivity contribution in [3.63, 3.8) is 0 Å². The van der Waals surface area contributed by atoms with Gasteiger partial charge in [-0.05, 0) is 34.5 Å². The molecule has 0 unspecified atom stereocenters. The zero-order chi connectivity index (χ0) is 13.1. The van der Waals surface area contributed by atoms with Gasteiger partial charge in [-0.25, -0.2) is 4.98 Å². The van der Waals surface area contributed by atoms with Gasteiger partial charge in [0.05, 0.1) is 4.47 Å². The molecule has 2 rings (SSSR count). The first-order chi connectivity index (χ1) is 8.65. The number of rotatable bonds is 4. The standard InChI is InChI=1S/C11H13BrN4O2/c12-7-3-1-5-16-9(13)8(15-10(7)16)11(18)14-4-2-6-17/h1,3,5,17H,2,4,6,13H2,(H,14,18). The van der Waals surface area contributed by atoms with Gasteiger partial charge in [0.25, 0.3) is 5.91 Å². The van der Waals surface area contributed by atoms with Gasteiger partial charge in [-0.2, -0.15) is 0 Å². The van der Waals surface area contributed by atoms with E-state index in [-0.39, 0.29) is 18.2 Å². The second kappa shape index (κ2) is 5.36. The van der Waals surface area contributed by atoms with Crippen molar-refractivity contribution in [1.82, 2.24) is 14.7 Å². The topological polar surface area (TPSA) is 92.7 Å². The average molecular weight is 313 g/mol. The lowest BCUT2D eigenvalue weighted by Crippen LogP contribution is -2.26. The first-order valence-corrected chi connectivity index (χ1v) is 6.25. The zero-order valence-corrected chi connectivity index (χ0v) is 11.1. The van der Waals surface area contributed by atoms with Crippen LogP contribution in [0, 0.1) is 0 Å². The van der Waals surface area contributed by atoms with Crippen molar-refractivity contribution >= 4 is 33.3 Å². The number of hydrogen-bond donors (Lipinski definition) is 3. The number of halogens is 1. The molecule has 0 fully saturated rings. The number of aromatic nitrogens is 2. The van der Waals surface area contributed by atoms with E-state index in [1.807, 2.05) is 12.1 Å².